The van der Waals surface area contributed by atoms with Gasteiger partial charge in [-0.05, 0) is 32.0 Å². The average Bonchev–Trinajstić information content (AvgIpc) is 3.27. The Kier molecular flexibility index (Phi) is 4.17. The molecule has 0 aliphatic carbocycles. The first-order valence-corrected chi connectivity index (χ1v) is 8.52. The number of alkyl halides is 3. The topological polar surface area (TPSA) is 69.3 Å². The molecule has 2 unspecified atom stereocenters. The van der Waals surface area contributed by atoms with Crippen molar-refractivity contribution < 1.29 is 27.1 Å². The Labute approximate surface area is 157 Å². The summed E-state index contributed by atoms with van der Waals surface area (Å²) in [5.74, 6) is -0.574. The molecule has 1 N–H and O–H groups in total. The number of hydrogen-bond donors (Lipinski definition) is 1. The SMILES string of the molecule is CC1=C(C(=O)OC(C)C(F)(F)F)C(c2ccoc2)n2c(nc3ccccc32)N1. The number of carbonyl (C=O) groups is 1. The number of furan rings is 1. The molecule has 3 heterocycles. The number of benzene rings is 1. The lowest BCUT2D eigenvalue weighted by Crippen LogP contribution is -2.35. The third-order valence-electron chi connectivity index (χ3n) is 4.65. The van der Waals surface area contributed by atoms with Crippen molar-refractivity contribution in [1.29, 1.82) is 0 Å². The normalized spacial score (nSPS) is 18.0. The summed E-state index contributed by atoms with van der Waals surface area (Å²) in [6, 6.07) is 8.20. The zero-order chi connectivity index (χ0) is 20.1. The molecule has 146 valence electrons. The number of rotatable bonds is 3. The van der Waals surface area contributed by atoms with Crippen molar-refractivity contribution >= 4 is 23.0 Å². The number of carbonyl (C=O) groups excluding carboxylic acids is 1. The number of ether oxygens (including phenoxy) is 1. The van der Waals surface area contributed by atoms with E-state index in [1.807, 2.05) is 24.3 Å². The summed E-state index contributed by atoms with van der Waals surface area (Å²) in [6.45, 7) is 2.40. The Balaban J connectivity index is 1.84. The van der Waals surface area contributed by atoms with Gasteiger partial charge in [-0.25, -0.2) is 9.78 Å². The fourth-order valence-electron chi connectivity index (χ4n) is 3.27. The second-order valence-corrected chi connectivity index (χ2v) is 6.51. The minimum absolute atomic E-state index is 0.0631. The summed E-state index contributed by atoms with van der Waals surface area (Å²) in [7, 11) is 0. The lowest BCUT2D eigenvalue weighted by molar-refractivity contribution is -0.214. The molecule has 6 nitrogen and oxygen atoms in total. The number of para-hydroxylation sites is 2. The summed E-state index contributed by atoms with van der Waals surface area (Å²) in [5.41, 5.74) is 2.43. The Morgan fingerprint density at radius 3 is 2.75 bits per heavy atom. The van der Waals surface area contributed by atoms with Crippen LogP contribution in [-0.4, -0.2) is 27.8 Å². The van der Waals surface area contributed by atoms with E-state index in [-0.39, 0.29) is 5.57 Å². The highest BCUT2D eigenvalue weighted by Crippen LogP contribution is 2.40. The highest BCUT2D eigenvalue weighted by atomic mass is 19.4. The molecule has 3 aromatic rings. The van der Waals surface area contributed by atoms with Crippen LogP contribution in [0, 0.1) is 0 Å². The van der Waals surface area contributed by atoms with Crippen molar-refractivity contribution in [2.45, 2.75) is 32.2 Å². The number of anilines is 1. The van der Waals surface area contributed by atoms with Gasteiger partial charge < -0.3 is 14.5 Å². The average molecular weight is 391 g/mol. The number of nitrogens with zero attached hydrogens (tertiary/aromatic N) is 2. The largest absolute Gasteiger partial charge is 0.472 e. The number of nitrogens with one attached hydrogen (secondary N) is 1. The fourth-order valence-corrected chi connectivity index (χ4v) is 3.27. The van der Waals surface area contributed by atoms with Crippen LogP contribution in [0.25, 0.3) is 11.0 Å². The molecule has 0 bridgehead atoms. The molecule has 0 amide bonds. The van der Waals surface area contributed by atoms with Crippen LogP contribution in [0.4, 0.5) is 19.1 Å². The number of halogens is 3. The number of aromatic nitrogens is 2. The molecule has 1 aliphatic heterocycles. The van der Waals surface area contributed by atoms with E-state index < -0.39 is 24.3 Å². The van der Waals surface area contributed by atoms with Crippen molar-refractivity contribution in [3.63, 3.8) is 0 Å². The molecule has 0 spiro atoms. The Morgan fingerprint density at radius 1 is 1.32 bits per heavy atom. The first-order chi connectivity index (χ1) is 13.3. The molecule has 0 saturated heterocycles. The Bertz CT molecular complexity index is 1070. The molecule has 28 heavy (non-hydrogen) atoms. The van der Waals surface area contributed by atoms with Gasteiger partial charge in [0.15, 0.2) is 6.10 Å². The molecule has 9 heteroatoms. The maximum absolute atomic E-state index is 12.9. The highest BCUT2D eigenvalue weighted by molar-refractivity contribution is 5.94. The van der Waals surface area contributed by atoms with Crippen LogP contribution in [0.3, 0.4) is 0 Å². The smallest absolute Gasteiger partial charge is 0.425 e. The minimum Gasteiger partial charge on any atom is -0.472 e. The molecule has 1 aliphatic rings. The second kappa shape index (κ2) is 6.43. The van der Waals surface area contributed by atoms with E-state index in [1.165, 1.54) is 12.5 Å². The van der Waals surface area contributed by atoms with E-state index in [1.54, 1.807) is 17.6 Å². The third-order valence-corrected chi connectivity index (χ3v) is 4.65. The second-order valence-electron chi connectivity index (χ2n) is 6.51. The molecule has 1 aromatic carbocycles. The lowest BCUT2D eigenvalue weighted by atomic mass is 9.97. The maximum atomic E-state index is 12.9. The first kappa shape index (κ1) is 18.1. The third kappa shape index (κ3) is 2.92. The van der Waals surface area contributed by atoms with Gasteiger partial charge in [0.1, 0.15) is 0 Å². The van der Waals surface area contributed by atoms with Crippen LogP contribution in [-0.2, 0) is 9.53 Å². The summed E-state index contributed by atoms with van der Waals surface area (Å²) in [6.07, 6.45) is -3.99. The van der Waals surface area contributed by atoms with E-state index in [4.69, 9.17) is 9.15 Å². The van der Waals surface area contributed by atoms with E-state index in [2.05, 4.69) is 10.3 Å². The van der Waals surface area contributed by atoms with Crippen molar-refractivity contribution in [2.75, 3.05) is 5.32 Å². The van der Waals surface area contributed by atoms with Gasteiger partial charge >= 0.3 is 12.1 Å². The van der Waals surface area contributed by atoms with Crippen molar-refractivity contribution in [1.82, 2.24) is 9.55 Å². The van der Waals surface area contributed by atoms with Crippen LogP contribution in [0.5, 0.6) is 0 Å². The molecule has 4 rings (SSSR count). The molecule has 2 aromatic heterocycles. The van der Waals surface area contributed by atoms with Gasteiger partial charge in [0.05, 0.1) is 35.2 Å². The summed E-state index contributed by atoms with van der Waals surface area (Å²) >= 11 is 0. The number of imidazole rings is 1. The van der Waals surface area contributed by atoms with Gasteiger partial charge in [-0.1, -0.05) is 12.1 Å². The van der Waals surface area contributed by atoms with Crippen LogP contribution >= 0.6 is 0 Å². The molecular weight excluding hydrogens is 375 g/mol. The van der Waals surface area contributed by atoms with Gasteiger partial charge in [0, 0.05) is 11.3 Å². The lowest BCUT2D eigenvalue weighted by Gasteiger charge is -2.30. The highest BCUT2D eigenvalue weighted by Gasteiger charge is 2.42. The number of esters is 1. The van der Waals surface area contributed by atoms with Gasteiger partial charge in [0.25, 0.3) is 0 Å². The van der Waals surface area contributed by atoms with Crippen molar-refractivity contribution in [2.24, 2.45) is 0 Å². The summed E-state index contributed by atoms with van der Waals surface area (Å²) < 4.78 is 50.4. The maximum Gasteiger partial charge on any atom is 0.425 e. The molecule has 0 saturated carbocycles. The monoisotopic (exact) mass is 391 g/mol. The van der Waals surface area contributed by atoms with Gasteiger partial charge in [-0.3, -0.25) is 4.57 Å². The number of allylic oxidation sites excluding steroid dienone is 1. The van der Waals surface area contributed by atoms with Crippen molar-refractivity contribution in [3.05, 3.63) is 59.7 Å². The zero-order valence-corrected chi connectivity index (χ0v) is 14.9. The fraction of sp³-hybridized carbons (Fsp3) is 0.263. The Morgan fingerprint density at radius 2 is 2.07 bits per heavy atom. The van der Waals surface area contributed by atoms with E-state index >= 15 is 0 Å². The van der Waals surface area contributed by atoms with Gasteiger partial charge in [-0.2, -0.15) is 13.2 Å². The van der Waals surface area contributed by atoms with Gasteiger partial charge in [-0.15, -0.1) is 0 Å². The quantitative estimate of drug-likeness (QED) is 0.670. The van der Waals surface area contributed by atoms with E-state index in [9.17, 15) is 18.0 Å². The van der Waals surface area contributed by atoms with Crippen LogP contribution < -0.4 is 5.32 Å². The zero-order valence-electron chi connectivity index (χ0n) is 14.9. The summed E-state index contributed by atoms with van der Waals surface area (Å²) in [4.78, 5) is 17.3. The first-order valence-electron chi connectivity index (χ1n) is 8.52. The Hall–Kier alpha value is -3.23. The molecule has 2 atom stereocenters. The molecular formula is C19H16F3N3O3. The summed E-state index contributed by atoms with van der Waals surface area (Å²) in [5, 5.41) is 3.00. The van der Waals surface area contributed by atoms with Gasteiger partial charge in [0.2, 0.25) is 5.95 Å². The van der Waals surface area contributed by atoms with Crippen LogP contribution in [0.2, 0.25) is 0 Å². The van der Waals surface area contributed by atoms with E-state index in [0.29, 0.717) is 22.7 Å². The van der Waals surface area contributed by atoms with Crippen molar-refractivity contribution in [3.8, 4) is 0 Å². The predicted molar refractivity (Wildman–Crippen MR) is 94.5 cm³/mol. The van der Waals surface area contributed by atoms with E-state index in [0.717, 1.165) is 12.4 Å². The molecule has 0 radical (unpaired) electrons. The van der Waals surface area contributed by atoms with Crippen LogP contribution in [0.1, 0.15) is 25.5 Å². The molecule has 0 fully saturated rings. The number of fused-ring (bicyclic) bond motifs is 3. The minimum atomic E-state index is -4.65. The number of hydrogen-bond acceptors (Lipinski definition) is 5. The predicted octanol–water partition coefficient (Wildman–Crippen LogP) is 4.41. The van der Waals surface area contributed by atoms with Crippen LogP contribution in [0.15, 0.2) is 58.5 Å². The standard InChI is InChI=1S/C19H16F3N3O3/c1-10-15(17(26)28-11(2)19(20,21)22)16(12-7-8-27-9-12)25-14-6-4-3-5-13(14)24-18(25)23-10/h3-9,11,16H,1-2H3,(H,23,24).